The lowest BCUT2D eigenvalue weighted by Gasteiger charge is -2.24. The molecule has 0 atom stereocenters. The summed E-state index contributed by atoms with van der Waals surface area (Å²) in [6, 6.07) is 6.70. The molecule has 0 aliphatic carbocycles. The highest BCUT2D eigenvalue weighted by Gasteiger charge is 2.21. The molecular formula is C12H19NO4S. The van der Waals surface area contributed by atoms with E-state index in [1.165, 1.54) is 0 Å². The van der Waals surface area contributed by atoms with Crippen LogP contribution in [0.2, 0.25) is 0 Å². The van der Waals surface area contributed by atoms with E-state index in [1.54, 1.807) is 29.3 Å². The number of hydrogen-bond acceptors (Lipinski definition) is 4. The fourth-order valence-corrected chi connectivity index (χ4v) is 2.81. The molecule has 1 aliphatic rings. The number of nitrogens with zero attached hydrogens (tertiary/aromatic N) is 1. The van der Waals surface area contributed by atoms with Gasteiger partial charge in [-0.2, -0.15) is 17.8 Å². The van der Waals surface area contributed by atoms with Crippen molar-refractivity contribution in [1.29, 1.82) is 0 Å². The van der Waals surface area contributed by atoms with Gasteiger partial charge in [-0.3, -0.25) is 0 Å². The number of aryl methyl sites for hydroxylation is 1. The average Bonchev–Trinajstić information content (AvgIpc) is 2.30. The zero-order chi connectivity index (χ0) is 12.3. The summed E-state index contributed by atoms with van der Waals surface area (Å²) in [7, 11) is -3.65. The van der Waals surface area contributed by atoms with Crippen molar-refractivity contribution in [2.75, 3.05) is 13.1 Å². The van der Waals surface area contributed by atoms with Crippen LogP contribution in [0.5, 0.6) is 0 Å². The molecule has 2 N–H and O–H groups in total. The third-order valence-corrected chi connectivity index (χ3v) is 4.08. The van der Waals surface area contributed by atoms with Gasteiger partial charge in [-0.05, 0) is 31.9 Å². The van der Waals surface area contributed by atoms with Crippen molar-refractivity contribution in [2.24, 2.45) is 0 Å². The zero-order valence-electron chi connectivity index (χ0n) is 10.4. The van der Waals surface area contributed by atoms with Crippen LogP contribution < -0.4 is 0 Å². The summed E-state index contributed by atoms with van der Waals surface area (Å²) >= 11 is 0. The number of rotatable bonds is 3. The van der Waals surface area contributed by atoms with E-state index in [0.29, 0.717) is 13.1 Å². The van der Waals surface area contributed by atoms with Crippen molar-refractivity contribution >= 4 is 10.1 Å². The van der Waals surface area contributed by atoms with E-state index in [-0.39, 0.29) is 10.4 Å². The van der Waals surface area contributed by atoms with E-state index < -0.39 is 10.1 Å². The number of piperidine rings is 1. The van der Waals surface area contributed by atoms with E-state index in [1.807, 2.05) is 6.92 Å². The van der Waals surface area contributed by atoms with E-state index in [4.69, 9.17) is 4.28 Å². The molecule has 6 heteroatoms. The maximum absolute atomic E-state index is 11.9. The molecule has 102 valence electrons. The second-order valence-electron chi connectivity index (χ2n) is 4.33. The van der Waals surface area contributed by atoms with Gasteiger partial charge in [0, 0.05) is 13.1 Å². The van der Waals surface area contributed by atoms with Gasteiger partial charge in [0.15, 0.2) is 0 Å². The van der Waals surface area contributed by atoms with Gasteiger partial charge in [0.25, 0.3) is 0 Å². The molecule has 1 fully saturated rings. The first-order valence-corrected chi connectivity index (χ1v) is 7.25. The Labute approximate surface area is 108 Å². The Morgan fingerprint density at radius 3 is 2.17 bits per heavy atom. The molecule has 1 aromatic carbocycles. The Bertz CT molecular complexity index is 463. The minimum absolute atomic E-state index is 0. The topological polar surface area (TPSA) is 78.1 Å². The first kappa shape index (κ1) is 15.1. The van der Waals surface area contributed by atoms with Crippen molar-refractivity contribution in [1.82, 2.24) is 5.06 Å². The van der Waals surface area contributed by atoms with Gasteiger partial charge in [-0.1, -0.05) is 24.1 Å². The second-order valence-corrected chi connectivity index (χ2v) is 5.86. The maximum atomic E-state index is 11.9. The molecule has 1 aliphatic heterocycles. The smallest absolute Gasteiger partial charge is 0.313 e. The lowest BCUT2D eigenvalue weighted by atomic mass is 10.2. The van der Waals surface area contributed by atoms with E-state index in [0.717, 1.165) is 24.8 Å². The van der Waals surface area contributed by atoms with Crippen molar-refractivity contribution in [2.45, 2.75) is 31.1 Å². The summed E-state index contributed by atoms with van der Waals surface area (Å²) in [5, 5.41) is 1.54. The lowest BCUT2D eigenvalue weighted by Crippen LogP contribution is -2.32. The molecule has 0 saturated carbocycles. The van der Waals surface area contributed by atoms with Gasteiger partial charge in [-0.15, -0.1) is 0 Å². The standard InChI is InChI=1S/C12H17NO3S.H2O/c1-11-5-7-12(8-6-11)17(14,15)16-13-9-3-2-4-10-13;/h5-8H,2-4,9-10H2,1H3;1H2. The lowest BCUT2D eigenvalue weighted by molar-refractivity contribution is -0.0654. The Balaban J connectivity index is 0.00000162. The summed E-state index contributed by atoms with van der Waals surface area (Å²) in [4.78, 5) is 0.216. The maximum Gasteiger partial charge on any atom is 0.313 e. The average molecular weight is 273 g/mol. The first-order chi connectivity index (χ1) is 8.08. The van der Waals surface area contributed by atoms with Gasteiger partial charge >= 0.3 is 10.1 Å². The molecule has 0 aromatic heterocycles. The summed E-state index contributed by atoms with van der Waals surface area (Å²) in [6.45, 7) is 3.29. The second kappa shape index (κ2) is 6.29. The molecule has 5 nitrogen and oxygen atoms in total. The van der Waals surface area contributed by atoms with E-state index in [9.17, 15) is 8.42 Å². The van der Waals surface area contributed by atoms with Crippen molar-refractivity contribution in [3.63, 3.8) is 0 Å². The fourth-order valence-electron chi connectivity index (χ4n) is 1.83. The predicted octanol–water partition coefficient (Wildman–Crippen LogP) is 1.28. The highest BCUT2D eigenvalue weighted by atomic mass is 32.2. The molecule has 0 bridgehead atoms. The number of hydrogen-bond donors (Lipinski definition) is 0. The van der Waals surface area contributed by atoms with Crippen molar-refractivity contribution in [3.05, 3.63) is 29.8 Å². The van der Waals surface area contributed by atoms with E-state index >= 15 is 0 Å². The first-order valence-electron chi connectivity index (χ1n) is 5.84. The molecule has 0 spiro atoms. The number of benzene rings is 1. The van der Waals surface area contributed by atoms with E-state index in [2.05, 4.69) is 0 Å². The predicted molar refractivity (Wildman–Crippen MR) is 68.5 cm³/mol. The normalized spacial score (nSPS) is 17.2. The molecule has 1 aromatic rings. The van der Waals surface area contributed by atoms with Crippen LogP contribution in [0.3, 0.4) is 0 Å². The minimum atomic E-state index is -3.65. The SMILES string of the molecule is Cc1ccc(S(=O)(=O)ON2CCCCC2)cc1.O. The molecule has 0 unspecified atom stereocenters. The Hall–Kier alpha value is -0.950. The monoisotopic (exact) mass is 273 g/mol. The van der Waals surface area contributed by atoms with Crippen LogP contribution in [-0.4, -0.2) is 32.0 Å². The summed E-state index contributed by atoms with van der Waals surface area (Å²) in [6.07, 6.45) is 3.12. The summed E-state index contributed by atoms with van der Waals surface area (Å²) in [5.74, 6) is 0. The van der Waals surface area contributed by atoms with Gasteiger partial charge in [-0.25, -0.2) is 0 Å². The summed E-state index contributed by atoms with van der Waals surface area (Å²) in [5.41, 5.74) is 1.03. The molecule has 0 radical (unpaired) electrons. The Morgan fingerprint density at radius 1 is 1.06 bits per heavy atom. The quantitative estimate of drug-likeness (QED) is 0.831. The highest BCUT2D eigenvalue weighted by molar-refractivity contribution is 7.86. The van der Waals surface area contributed by atoms with Gasteiger partial charge in [0.05, 0.1) is 4.90 Å². The van der Waals surface area contributed by atoms with Gasteiger partial charge in [0.2, 0.25) is 0 Å². The molecular weight excluding hydrogens is 254 g/mol. The van der Waals surface area contributed by atoms with Gasteiger partial charge < -0.3 is 5.48 Å². The third kappa shape index (κ3) is 3.78. The Kier molecular flexibility index (Phi) is 5.28. The Morgan fingerprint density at radius 2 is 1.61 bits per heavy atom. The molecule has 0 amide bonds. The van der Waals surface area contributed by atoms with Crippen LogP contribution in [-0.2, 0) is 14.4 Å². The summed E-state index contributed by atoms with van der Waals surface area (Å²) < 4.78 is 29.0. The molecule has 18 heavy (non-hydrogen) atoms. The van der Waals surface area contributed by atoms with Crippen molar-refractivity contribution in [3.8, 4) is 0 Å². The molecule has 1 heterocycles. The zero-order valence-corrected chi connectivity index (χ0v) is 11.2. The van der Waals surface area contributed by atoms with Crippen molar-refractivity contribution < 1.29 is 18.2 Å². The molecule has 1 saturated heterocycles. The van der Waals surface area contributed by atoms with Crippen LogP contribution in [0.15, 0.2) is 29.2 Å². The van der Waals surface area contributed by atoms with Crippen LogP contribution in [0.4, 0.5) is 0 Å². The van der Waals surface area contributed by atoms with Crippen LogP contribution >= 0.6 is 0 Å². The van der Waals surface area contributed by atoms with Crippen LogP contribution in [0.25, 0.3) is 0 Å². The third-order valence-electron chi connectivity index (χ3n) is 2.83. The number of hydroxylamine groups is 2. The van der Waals surface area contributed by atoms with Crippen LogP contribution in [0, 0.1) is 6.92 Å². The fraction of sp³-hybridized carbons (Fsp3) is 0.500. The van der Waals surface area contributed by atoms with Gasteiger partial charge in [0.1, 0.15) is 0 Å². The largest absolute Gasteiger partial charge is 0.412 e. The minimum Gasteiger partial charge on any atom is -0.412 e. The van der Waals surface area contributed by atoms with Crippen LogP contribution in [0.1, 0.15) is 24.8 Å². The molecule has 2 rings (SSSR count). The highest BCUT2D eigenvalue weighted by Crippen LogP contribution is 2.17.